The molecule has 2 aromatic heterocycles. The summed E-state index contributed by atoms with van der Waals surface area (Å²) < 4.78 is 10.8. The van der Waals surface area contributed by atoms with Crippen molar-refractivity contribution >= 4 is 0 Å². The second kappa shape index (κ2) is 5.08. The van der Waals surface area contributed by atoms with E-state index in [1.807, 2.05) is 38.1 Å². The van der Waals surface area contributed by atoms with Gasteiger partial charge in [-0.1, -0.05) is 0 Å². The van der Waals surface area contributed by atoms with Crippen molar-refractivity contribution in [2.75, 3.05) is 0 Å². The molecule has 0 aliphatic heterocycles. The summed E-state index contributed by atoms with van der Waals surface area (Å²) in [7, 11) is 0. The Bertz CT molecular complexity index is 688. The zero-order valence-electron chi connectivity index (χ0n) is 11.1. The molecule has 0 aliphatic carbocycles. The number of aromatic nitrogens is 4. The molecule has 0 saturated carbocycles. The highest BCUT2D eigenvalue weighted by Crippen LogP contribution is 2.24. The number of rotatable bonds is 3. The first-order chi connectivity index (χ1) is 9.70. The fourth-order valence-electron chi connectivity index (χ4n) is 1.82. The average Bonchev–Trinajstić information content (AvgIpc) is 2.92. The highest BCUT2D eigenvalue weighted by atomic mass is 16.5. The molecule has 1 aromatic carbocycles. The molecule has 0 spiro atoms. The topological polar surface area (TPSA) is 73.9 Å². The van der Waals surface area contributed by atoms with E-state index in [1.54, 1.807) is 6.07 Å². The van der Waals surface area contributed by atoms with Gasteiger partial charge in [0, 0.05) is 17.3 Å². The second-order valence-corrected chi connectivity index (χ2v) is 4.27. The Labute approximate surface area is 115 Å². The first kappa shape index (κ1) is 12.3. The van der Waals surface area contributed by atoms with E-state index in [0.29, 0.717) is 23.3 Å². The molecule has 0 atom stereocenters. The molecule has 0 N–H and O–H groups in total. The molecule has 0 fully saturated rings. The number of benzene rings is 1. The SMILES string of the molecule is Cc1cc(Oc2ccc(-c3nnco3)cc2)nc(C)n1. The summed E-state index contributed by atoms with van der Waals surface area (Å²) in [6, 6.07) is 9.14. The number of hydrogen-bond donors (Lipinski definition) is 0. The third kappa shape index (κ3) is 2.64. The lowest BCUT2D eigenvalue weighted by Gasteiger charge is -2.06. The normalized spacial score (nSPS) is 10.5. The van der Waals surface area contributed by atoms with Crippen LogP contribution in [-0.4, -0.2) is 20.2 Å². The van der Waals surface area contributed by atoms with Gasteiger partial charge in [0.25, 0.3) is 0 Å². The van der Waals surface area contributed by atoms with Gasteiger partial charge in [-0.3, -0.25) is 0 Å². The highest BCUT2D eigenvalue weighted by molar-refractivity contribution is 5.53. The molecule has 100 valence electrons. The van der Waals surface area contributed by atoms with Crippen molar-refractivity contribution in [2.45, 2.75) is 13.8 Å². The van der Waals surface area contributed by atoms with Crippen molar-refractivity contribution in [1.82, 2.24) is 20.2 Å². The maximum atomic E-state index is 5.69. The minimum Gasteiger partial charge on any atom is -0.439 e. The molecule has 0 unspecified atom stereocenters. The molecule has 3 rings (SSSR count). The molecule has 2 heterocycles. The van der Waals surface area contributed by atoms with Crippen molar-refractivity contribution < 1.29 is 9.15 Å². The molecule has 6 nitrogen and oxygen atoms in total. The van der Waals surface area contributed by atoms with Crippen molar-refractivity contribution in [3.63, 3.8) is 0 Å². The summed E-state index contributed by atoms with van der Waals surface area (Å²) in [4.78, 5) is 8.43. The van der Waals surface area contributed by atoms with Crippen molar-refractivity contribution in [1.29, 1.82) is 0 Å². The molecule has 6 heteroatoms. The predicted octanol–water partition coefficient (Wildman–Crippen LogP) is 2.94. The number of hydrogen-bond acceptors (Lipinski definition) is 6. The first-order valence-corrected chi connectivity index (χ1v) is 6.07. The summed E-state index contributed by atoms with van der Waals surface area (Å²) in [5, 5.41) is 7.49. The van der Waals surface area contributed by atoms with Crippen LogP contribution in [0.3, 0.4) is 0 Å². The first-order valence-electron chi connectivity index (χ1n) is 6.07. The Hall–Kier alpha value is -2.76. The Kier molecular flexibility index (Phi) is 3.12. The van der Waals surface area contributed by atoms with Crippen LogP contribution in [0.2, 0.25) is 0 Å². The van der Waals surface area contributed by atoms with Gasteiger partial charge in [-0.15, -0.1) is 10.2 Å². The average molecular weight is 268 g/mol. The Morgan fingerprint density at radius 2 is 1.85 bits per heavy atom. The van der Waals surface area contributed by atoms with E-state index in [0.717, 1.165) is 11.3 Å². The van der Waals surface area contributed by atoms with Crippen LogP contribution in [0.25, 0.3) is 11.5 Å². The molecule has 0 aliphatic rings. The van der Waals surface area contributed by atoms with Crippen molar-refractivity contribution in [3.05, 3.63) is 48.2 Å². The van der Waals surface area contributed by atoms with E-state index in [4.69, 9.17) is 9.15 Å². The molecule has 20 heavy (non-hydrogen) atoms. The van der Waals surface area contributed by atoms with E-state index < -0.39 is 0 Å². The maximum absolute atomic E-state index is 5.69. The maximum Gasteiger partial charge on any atom is 0.247 e. The molecule has 0 bridgehead atoms. The molecule has 0 radical (unpaired) electrons. The molecular formula is C14H12N4O2. The van der Waals surface area contributed by atoms with Crippen molar-refractivity contribution in [3.8, 4) is 23.1 Å². The van der Waals surface area contributed by atoms with Crippen LogP contribution in [0, 0.1) is 13.8 Å². The lowest BCUT2D eigenvalue weighted by Crippen LogP contribution is -1.94. The fourth-order valence-corrected chi connectivity index (χ4v) is 1.82. The lowest BCUT2D eigenvalue weighted by atomic mass is 10.2. The van der Waals surface area contributed by atoms with Gasteiger partial charge < -0.3 is 9.15 Å². The van der Waals surface area contributed by atoms with Gasteiger partial charge in [-0.2, -0.15) is 4.98 Å². The summed E-state index contributed by atoms with van der Waals surface area (Å²) >= 11 is 0. The van der Waals surface area contributed by atoms with Crippen LogP contribution in [0.5, 0.6) is 11.6 Å². The van der Waals surface area contributed by atoms with Gasteiger partial charge in [-0.25, -0.2) is 4.98 Å². The smallest absolute Gasteiger partial charge is 0.247 e. The number of aryl methyl sites for hydroxylation is 2. The number of nitrogens with zero attached hydrogens (tertiary/aromatic N) is 4. The highest BCUT2D eigenvalue weighted by Gasteiger charge is 2.05. The second-order valence-electron chi connectivity index (χ2n) is 4.27. The lowest BCUT2D eigenvalue weighted by molar-refractivity contribution is 0.459. The van der Waals surface area contributed by atoms with E-state index >= 15 is 0 Å². The van der Waals surface area contributed by atoms with Gasteiger partial charge in [0.2, 0.25) is 18.2 Å². The zero-order valence-corrected chi connectivity index (χ0v) is 11.1. The van der Waals surface area contributed by atoms with Crippen LogP contribution in [0.4, 0.5) is 0 Å². The predicted molar refractivity (Wildman–Crippen MR) is 71.3 cm³/mol. The molecule has 0 saturated heterocycles. The third-order valence-corrected chi connectivity index (χ3v) is 2.63. The van der Waals surface area contributed by atoms with Gasteiger partial charge in [0.1, 0.15) is 11.6 Å². The van der Waals surface area contributed by atoms with E-state index in [2.05, 4.69) is 20.2 Å². The minimum absolute atomic E-state index is 0.477. The summed E-state index contributed by atoms with van der Waals surface area (Å²) in [6.07, 6.45) is 1.30. The van der Waals surface area contributed by atoms with Gasteiger partial charge >= 0.3 is 0 Å². The molecule has 3 aromatic rings. The fraction of sp³-hybridized carbons (Fsp3) is 0.143. The van der Waals surface area contributed by atoms with Crippen LogP contribution >= 0.6 is 0 Å². The molecular weight excluding hydrogens is 256 g/mol. The van der Waals surface area contributed by atoms with Gasteiger partial charge in [0.15, 0.2) is 0 Å². The quantitative estimate of drug-likeness (QED) is 0.727. The summed E-state index contributed by atoms with van der Waals surface area (Å²) in [5.41, 5.74) is 1.71. The van der Waals surface area contributed by atoms with Crippen molar-refractivity contribution in [2.24, 2.45) is 0 Å². The third-order valence-electron chi connectivity index (χ3n) is 2.63. The largest absolute Gasteiger partial charge is 0.439 e. The Morgan fingerprint density at radius 1 is 1.05 bits per heavy atom. The van der Waals surface area contributed by atoms with E-state index in [1.165, 1.54) is 6.39 Å². The van der Waals surface area contributed by atoms with E-state index in [-0.39, 0.29) is 0 Å². The van der Waals surface area contributed by atoms with Gasteiger partial charge in [-0.05, 0) is 38.1 Å². The molecule has 0 amide bonds. The standard InChI is InChI=1S/C14H12N4O2/c1-9-7-13(17-10(2)16-9)20-12-5-3-11(4-6-12)14-18-15-8-19-14/h3-8H,1-2H3. The van der Waals surface area contributed by atoms with Crippen LogP contribution in [0.15, 0.2) is 41.1 Å². The van der Waals surface area contributed by atoms with Crippen LogP contribution in [0.1, 0.15) is 11.5 Å². The van der Waals surface area contributed by atoms with Gasteiger partial charge in [0.05, 0.1) is 0 Å². The van der Waals surface area contributed by atoms with E-state index in [9.17, 15) is 0 Å². The van der Waals surface area contributed by atoms with Crippen LogP contribution in [-0.2, 0) is 0 Å². The Balaban J connectivity index is 1.81. The zero-order chi connectivity index (χ0) is 13.9. The monoisotopic (exact) mass is 268 g/mol. The van der Waals surface area contributed by atoms with Crippen LogP contribution < -0.4 is 4.74 Å². The summed E-state index contributed by atoms with van der Waals surface area (Å²) in [5.74, 6) is 2.37. The number of ether oxygens (including phenoxy) is 1. The Morgan fingerprint density at radius 3 is 2.50 bits per heavy atom. The minimum atomic E-state index is 0.477. The summed E-state index contributed by atoms with van der Waals surface area (Å²) in [6.45, 7) is 3.73.